The lowest BCUT2D eigenvalue weighted by Gasteiger charge is -2.36. The van der Waals surface area contributed by atoms with E-state index in [1.807, 2.05) is 17.5 Å². The number of fused-ring (bicyclic) bond motifs is 1. The van der Waals surface area contributed by atoms with Crippen LogP contribution in [0.2, 0.25) is 0 Å². The van der Waals surface area contributed by atoms with Crippen molar-refractivity contribution in [2.24, 2.45) is 0 Å². The topological polar surface area (TPSA) is 99.8 Å². The lowest BCUT2D eigenvalue weighted by Crippen LogP contribution is -2.65. The number of nitrogens with zero attached hydrogens (tertiary/aromatic N) is 1. The number of methoxy groups -OCH3 is 1. The number of urea groups is 1. The van der Waals surface area contributed by atoms with Crippen LogP contribution in [0.25, 0.3) is 0 Å². The number of hydrogen-bond acceptors (Lipinski definition) is 5. The number of ether oxygens (including phenoxy) is 1. The number of carbonyl (C=O) groups is 3. The zero-order chi connectivity index (χ0) is 20.4. The fourth-order valence-corrected chi connectivity index (χ4v) is 4.59. The molecule has 3 heterocycles. The first-order valence-corrected chi connectivity index (χ1v) is 10.3. The molecule has 3 atom stereocenters. The highest BCUT2D eigenvalue weighted by Gasteiger charge is 2.48. The molecule has 0 saturated carbocycles. The zero-order valence-corrected chi connectivity index (χ0v) is 16.7. The molecule has 4 rings (SSSR count). The normalized spacial score (nSPS) is 23.3. The summed E-state index contributed by atoms with van der Waals surface area (Å²) in [5, 5.41) is 10.4. The van der Waals surface area contributed by atoms with E-state index in [1.54, 1.807) is 47.6 Å². The number of benzene rings is 1. The molecule has 2 fully saturated rings. The average molecular weight is 414 g/mol. The van der Waals surface area contributed by atoms with Crippen LogP contribution in [-0.2, 0) is 16.0 Å². The van der Waals surface area contributed by atoms with Gasteiger partial charge in [-0.25, -0.2) is 4.79 Å². The van der Waals surface area contributed by atoms with Gasteiger partial charge < -0.3 is 25.6 Å². The molecule has 2 aromatic rings. The summed E-state index contributed by atoms with van der Waals surface area (Å²) < 4.78 is 5.15. The monoisotopic (exact) mass is 414 g/mol. The predicted octanol–water partition coefficient (Wildman–Crippen LogP) is 1.59. The van der Waals surface area contributed by atoms with E-state index in [-0.39, 0.29) is 11.8 Å². The highest BCUT2D eigenvalue weighted by Crippen LogP contribution is 2.25. The molecule has 0 unspecified atom stereocenters. The minimum Gasteiger partial charge on any atom is -0.497 e. The Balaban J connectivity index is 1.39. The summed E-state index contributed by atoms with van der Waals surface area (Å²) in [6.45, 7) is 0.446. The van der Waals surface area contributed by atoms with Crippen molar-refractivity contribution in [1.82, 2.24) is 15.5 Å². The van der Waals surface area contributed by atoms with Gasteiger partial charge in [-0.05, 0) is 30.0 Å². The van der Waals surface area contributed by atoms with Gasteiger partial charge in [0.1, 0.15) is 17.8 Å². The first-order chi connectivity index (χ1) is 14.0. The number of carbonyl (C=O) groups excluding carboxylic acids is 3. The third-order valence-corrected chi connectivity index (χ3v) is 6.09. The van der Waals surface area contributed by atoms with E-state index in [0.29, 0.717) is 30.8 Å². The molecular formula is C20H22N4O4S. The Kier molecular flexibility index (Phi) is 5.39. The van der Waals surface area contributed by atoms with Crippen LogP contribution < -0.4 is 20.7 Å². The number of thiophene rings is 1. The molecule has 3 N–H and O–H groups in total. The molecule has 1 aromatic carbocycles. The third-order valence-electron chi connectivity index (χ3n) is 5.19. The number of piperazine rings is 1. The molecule has 2 aliphatic rings. The predicted molar refractivity (Wildman–Crippen MR) is 109 cm³/mol. The molecule has 0 spiro atoms. The smallest absolute Gasteiger partial charge is 0.319 e. The number of amides is 4. The van der Waals surface area contributed by atoms with Gasteiger partial charge in [-0.1, -0.05) is 12.1 Å². The second-order valence-electron chi connectivity index (χ2n) is 7.05. The van der Waals surface area contributed by atoms with Gasteiger partial charge >= 0.3 is 6.03 Å². The minimum absolute atomic E-state index is 0.0968. The first-order valence-electron chi connectivity index (χ1n) is 9.40. The summed E-state index contributed by atoms with van der Waals surface area (Å²) in [6, 6.07) is 8.78. The van der Waals surface area contributed by atoms with Gasteiger partial charge in [0.2, 0.25) is 11.8 Å². The molecule has 1 aromatic heterocycles. The van der Waals surface area contributed by atoms with Crippen LogP contribution in [0.1, 0.15) is 11.3 Å². The molecular weight excluding hydrogens is 392 g/mol. The van der Waals surface area contributed by atoms with E-state index >= 15 is 0 Å². The molecule has 0 bridgehead atoms. The minimum atomic E-state index is -0.682. The summed E-state index contributed by atoms with van der Waals surface area (Å²) >= 11 is 1.56. The molecule has 0 aliphatic carbocycles. The summed E-state index contributed by atoms with van der Waals surface area (Å²) in [4.78, 5) is 40.6. The van der Waals surface area contributed by atoms with Crippen LogP contribution in [0.5, 0.6) is 5.75 Å². The molecule has 2 saturated heterocycles. The third kappa shape index (κ3) is 4.04. The van der Waals surface area contributed by atoms with Gasteiger partial charge in [-0.15, -0.1) is 11.3 Å². The first kappa shape index (κ1) is 19.3. The van der Waals surface area contributed by atoms with Gasteiger partial charge in [0.15, 0.2) is 0 Å². The fraction of sp³-hybridized carbons (Fsp3) is 0.350. The van der Waals surface area contributed by atoms with Crippen molar-refractivity contribution in [3.8, 4) is 5.75 Å². The maximum Gasteiger partial charge on any atom is 0.319 e. The van der Waals surface area contributed by atoms with Gasteiger partial charge in [-0.3, -0.25) is 9.59 Å². The van der Waals surface area contributed by atoms with Crippen molar-refractivity contribution >= 4 is 34.9 Å². The van der Waals surface area contributed by atoms with Crippen molar-refractivity contribution in [1.29, 1.82) is 0 Å². The molecule has 0 radical (unpaired) electrons. The second-order valence-corrected chi connectivity index (χ2v) is 8.08. The molecule has 29 heavy (non-hydrogen) atoms. The maximum absolute atomic E-state index is 12.8. The Labute approximate surface area is 172 Å². The van der Waals surface area contributed by atoms with Gasteiger partial charge in [0, 0.05) is 29.6 Å². The maximum atomic E-state index is 12.8. The van der Waals surface area contributed by atoms with E-state index in [1.165, 1.54) is 0 Å². The van der Waals surface area contributed by atoms with E-state index < -0.39 is 24.2 Å². The standard InChI is InChI=1S/C20H22N4O4S/c1-28-13-5-2-4-12(10-13)21-20(27)23-15-7-8-24-17(15)18(25)22-16(19(24)26)11-14-6-3-9-29-14/h2-6,9-10,15-17H,7-8,11H2,1H3,(H,22,25)(H2,21,23,27)/t15-,16-,17-/m0/s1. The molecule has 4 amide bonds. The van der Waals surface area contributed by atoms with Gasteiger partial charge in [-0.2, -0.15) is 0 Å². The molecule has 9 heteroatoms. The molecule has 152 valence electrons. The summed E-state index contributed by atoms with van der Waals surface area (Å²) in [7, 11) is 1.55. The Morgan fingerprint density at radius 3 is 2.93 bits per heavy atom. The van der Waals surface area contributed by atoms with Crippen LogP contribution in [-0.4, -0.2) is 54.5 Å². The average Bonchev–Trinajstić information content (AvgIpc) is 3.36. The van der Waals surface area contributed by atoms with Crippen molar-refractivity contribution in [3.05, 3.63) is 46.7 Å². The highest BCUT2D eigenvalue weighted by molar-refractivity contribution is 7.09. The number of anilines is 1. The fourth-order valence-electron chi connectivity index (χ4n) is 3.84. The lowest BCUT2D eigenvalue weighted by molar-refractivity contribution is -0.147. The Morgan fingerprint density at radius 1 is 1.31 bits per heavy atom. The SMILES string of the molecule is COc1cccc(NC(=O)N[C@H]2CCN3C(=O)[C@H](Cc4cccs4)NC(=O)[C@H]23)c1. The Morgan fingerprint density at radius 2 is 2.17 bits per heavy atom. The zero-order valence-electron chi connectivity index (χ0n) is 15.9. The van der Waals surface area contributed by atoms with Gasteiger partial charge in [0.25, 0.3) is 0 Å². The van der Waals surface area contributed by atoms with Gasteiger partial charge in [0.05, 0.1) is 13.2 Å². The highest BCUT2D eigenvalue weighted by atomic mass is 32.1. The lowest BCUT2D eigenvalue weighted by atomic mass is 10.0. The van der Waals surface area contributed by atoms with E-state index in [2.05, 4.69) is 16.0 Å². The summed E-state index contributed by atoms with van der Waals surface area (Å²) in [5.41, 5.74) is 0.580. The van der Waals surface area contributed by atoms with E-state index in [9.17, 15) is 14.4 Å². The molecule has 2 aliphatic heterocycles. The quantitative estimate of drug-likeness (QED) is 0.692. The number of rotatable bonds is 5. The van der Waals surface area contributed by atoms with Crippen molar-refractivity contribution in [2.75, 3.05) is 19.0 Å². The van der Waals surface area contributed by atoms with E-state index in [4.69, 9.17) is 4.74 Å². The van der Waals surface area contributed by atoms with Crippen molar-refractivity contribution in [2.45, 2.75) is 31.0 Å². The second kappa shape index (κ2) is 8.12. The van der Waals surface area contributed by atoms with Crippen LogP contribution in [0.4, 0.5) is 10.5 Å². The Hall–Kier alpha value is -3.07. The summed E-state index contributed by atoms with van der Waals surface area (Å²) in [5.74, 6) is 0.305. The largest absolute Gasteiger partial charge is 0.497 e. The Bertz CT molecular complexity index is 917. The summed E-state index contributed by atoms with van der Waals surface area (Å²) in [6.07, 6.45) is 1.01. The number of nitrogens with one attached hydrogen (secondary N) is 3. The number of hydrogen-bond donors (Lipinski definition) is 3. The van der Waals surface area contributed by atoms with E-state index in [0.717, 1.165) is 4.88 Å². The van der Waals surface area contributed by atoms with Crippen molar-refractivity contribution < 1.29 is 19.1 Å². The van der Waals surface area contributed by atoms with Crippen LogP contribution in [0, 0.1) is 0 Å². The van der Waals surface area contributed by atoms with Crippen LogP contribution >= 0.6 is 11.3 Å². The van der Waals surface area contributed by atoms with Crippen LogP contribution in [0.3, 0.4) is 0 Å². The van der Waals surface area contributed by atoms with Crippen LogP contribution in [0.15, 0.2) is 41.8 Å². The molecule has 8 nitrogen and oxygen atoms in total. The van der Waals surface area contributed by atoms with Crippen molar-refractivity contribution in [3.63, 3.8) is 0 Å².